The van der Waals surface area contributed by atoms with Gasteiger partial charge >= 0.3 is 0 Å². The molecule has 2 aliphatic rings. The molecular weight excluding hydrogens is 266 g/mol. The molecule has 1 unspecified atom stereocenters. The van der Waals surface area contributed by atoms with Gasteiger partial charge in [0.15, 0.2) is 0 Å². The zero-order valence-electron chi connectivity index (χ0n) is 13.0. The van der Waals surface area contributed by atoms with Crippen LogP contribution in [-0.4, -0.2) is 41.5 Å². The van der Waals surface area contributed by atoms with E-state index in [4.69, 9.17) is 9.47 Å². The van der Waals surface area contributed by atoms with Crippen molar-refractivity contribution >= 4 is 0 Å². The molecule has 1 aromatic rings. The van der Waals surface area contributed by atoms with Crippen molar-refractivity contribution in [3.8, 4) is 0 Å². The first-order chi connectivity index (χ1) is 10.3. The van der Waals surface area contributed by atoms with Crippen LogP contribution in [0.25, 0.3) is 0 Å². The molecule has 1 saturated heterocycles. The maximum absolute atomic E-state index is 6.36. The van der Waals surface area contributed by atoms with Crippen molar-refractivity contribution in [3.05, 3.63) is 18.2 Å². The second-order valence-corrected chi connectivity index (χ2v) is 6.40. The smallest absolute Gasteiger partial charge is 0.0950 e. The Hall–Kier alpha value is -0.910. The minimum absolute atomic E-state index is 0.232. The number of ether oxygens (including phenoxy) is 2. The van der Waals surface area contributed by atoms with Crippen molar-refractivity contribution < 1.29 is 9.47 Å². The van der Waals surface area contributed by atoms with Crippen molar-refractivity contribution in [1.29, 1.82) is 0 Å². The Bertz CT molecular complexity index is 440. The molecule has 2 fully saturated rings. The third-order valence-electron chi connectivity index (χ3n) is 4.74. The predicted octanol–water partition coefficient (Wildman–Crippen LogP) is 2.11. The van der Waals surface area contributed by atoms with Crippen molar-refractivity contribution in [1.82, 2.24) is 14.9 Å². The molecule has 0 radical (unpaired) electrons. The van der Waals surface area contributed by atoms with Crippen LogP contribution in [-0.2, 0) is 22.6 Å². The van der Waals surface area contributed by atoms with Crippen LogP contribution < -0.4 is 5.32 Å². The van der Waals surface area contributed by atoms with E-state index in [2.05, 4.69) is 21.1 Å². The fraction of sp³-hybridized carbons (Fsp3) is 0.812. The Morgan fingerprint density at radius 1 is 1.43 bits per heavy atom. The van der Waals surface area contributed by atoms with Crippen LogP contribution >= 0.6 is 0 Å². The molecule has 1 aliphatic carbocycles. The second kappa shape index (κ2) is 6.90. The summed E-state index contributed by atoms with van der Waals surface area (Å²) in [7, 11) is 1.72. The van der Waals surface area contributed by atoms with E-state index in [1.807, 2.05) is 6.33 Å². The van der Waals surface area contributed by atoms with Gasteiger partial charge < -0.3 is 19.4 Å². The quantitative estimate of drug-likeness (QED) is 0.782. The summed E-state index contributed by atoms with van der Waals surface area (Å²) in [4.78, 5) is 4.45. The van der Waals surface area contributed by atoms with E-state index < -0.39 is 0 Å². The lowest BCUT2D eigenvalue weighted by atomic mass is 9.98. The lowest BCUT2D eigenvalue weighted by molar-refractivity contribution is -0.0418. The van der Waals surface area contributed by atoms with Gasteiger partial charge in [0.25, 0.3) is 0 Å². The number of hydrogen-bond donors (Lipinski definition) is 1. The van der Waals surface area contributed by atoms with Gasteiger partial charge in [0.2, 0.25) is 0 Å². The van der Waals surface area contributed by atoms with Crippen LogP contribution in [0.2, 0.25) is 0 Å². The number of nitrogens with one attached hydrogen (secondary N) is 1. The molecular formula is C16H27N3O2. The average Bonchev–Trinajstić information content (AvgIpc) is 3.20. The van der Waals surface area contributed by atoms with Crippen molar-refractivity contribution in [2.45, 2.75) is 63.3 Å². The van der Waals surface area contributed by atoms with Crippen LogP contribution in [0.4, 0.5) is 0 Å². The number of aromatic nitrogens is 2. The van der Waals surface area contributed by atoms with E-state index in [0.717, 1.165) is 31.9 Å². The standard InChI is InChI=1S/C16H27N3O2/c1-20-9-8-17-10-14-11-19(13-18-14)12-15-4-7-16(21-15)5-2-3-6-16/h11,13,15,17H,2-10,12H2,1H3. The van der Waals surface area contributed by atoms with Crippen LogP contribution in [0, 0.1) is 0 Å². The van der Waals surface area contributed by atoms with Gasteiger partial charge in [0.05, 0.1) is 30.3 Å². The third kappa shape index (κ3) is 3.84. The molecule has 1 saturated carbocycles. The minimum Gasteiger partial charge on any atom is -0.383 e. The first-order valence-corrected chi connectivity index (χ1v) is 8.18. The molecule has 0 amide bonds. The van der Waals surface area contributed by atoms with E-state index in [9.17, 15) is 0 Å². The summed E-state index contributed by atoms with van der Waals surface area (Å²) in [6.07, 6.45) is 12.1. The highest BCUT2D eigenvalue weighted by Crippen LogP contribution is 2.43. The maximum atomic E-state index is 6.36. The molecule has 5 heteroatoms. The molecule has 1 atom stereocenters. The van der Waals surface area contributed by atoms with Crippen LogP contribution in [0.1, 0.15) is 44.2 Å². The molecule has 1 aliphatic heterocycles. The summed E-state index contributed by atoms with van der Waals surface area (Å²) in [5.41, 5.74) is 1.31. The molecule has 0 bridgehead atoms. The van der Waals surface area contributed by atoms with Gasteiger partial charge in [-0.05, 0) is 25.7 Å². The molecule has 21 heavy (non-hydrogen) atoms. The predicted molar refractivity (Wildman–Crippen MR) is 81.1 cm³/mol. The highest BCUT2D eigenvalue weighted by Gasteiger charge is 2.42. The number of rotatable bonds is 7. The Kier molecular flexibility index (Phi) is 4.93. The number of methoxy groups -OCH3 is 1. The molecule has 0 aromatic carbocycles. The van der Waals surface area contributed by atoms with E-state index >= 15 is 0 Å². The Balaban J connectivity index is 1.44. The minimum atomic E-state index is 0.232. The van der Waals surface area contributed by atoms with E-state index in [-0.39, 0.29) is 5.60 Å². The van der Waals surface area contributed by atoms with Crippen molar-refractivity contribution in [3.63, 3.8) is 0 Å². The number of nitrogens with zero attached hydrogens (tertiary/aromatic N) is 2. The average molecular weight is 293 g/mol. The first kappa shape index (κ1) is 15.0. The van der Waals surface area contributed by atoms with Crippen molar-refractivity contribution in [2.75, 3.05) is 20.3 Å². The van der Waals surface area contributed by atoms with Gasteiger partial charge in [-0.2, -0.15) is 0 Å². The monoisotopic (exact) mass is 293 g/mol. The summed E-state index contributed by atoms with van der Waals surface area (Å²) in [5.74, 6) is 0. The van der Waals surface area contributed by atoms with Crippen LogP contribution in [0.3, 0.4) is 0 Å². The zero-order valence-corrected chi connectivity index (χ0v) is 13.0. The first-order valence-electron chi connectivity index (χ1n) is 8.18. The number of imidazole rings is 1. The summed E-state index contributed by atoms with van der Waals surface area (Å²) in [5, 5.41) is 3.32. The van der Waals surface area contributed by atoms with Gasteiger partial charge in [0, 0.05) is 32.9 Å². The highest BCUT2D eigenvalue weighted by atomic mass is 16.5. The molecule has 1 aromatic heterocycles. The molecule has 118 valence electrons. The number of hydrogen-bond acceptors (Lipinski definition) is 4. The Labute approximate surface area is 127 Å². The van der Waals surface area contributed by atoms with Gasteiger partial charge in [-0.1, -0.05) is 12.8 Å². The maximum Gasteiger partial charge on any atom is 0.0950 e. The Morgan fingerprint density at radius 3 is 3.10 bits per heavy atom. The fourth-order valence-corrected chi connectivity index (χ4v) is 3.63. The summed E-state index contributed by atoms with van der Waals surface area (Å²) in [6.45, 7) is 3.33. The molecule has 2 heterocycles. The summed E-state index contributed by atoms with van der Waals surface area (Å²) in [6, 6.07) is 0. The van der Waals surface area contributed by atoms with Gasteiger partial charge in [-0.3, -0.25) is 0 Å². The molecule has 3 rings (SSSR count). The normalized spacial score (nSPS) is 24.1. The van der Waals surface area contributed by atoms with Gasteiger partial charge in [-0.25, -0.2) is 4.98 Å². The summed E-state index contributed by atoms with van der Waals surface area (Å²) < 4.78 is 13.5. The van der Waals surface area contributed by atoms with E-state index in [1.54, 1.807) is 7.11 Å². The topological polar surface area (TPSA) is 48.3 Å². The second-order valence-electron chi connectivity index (χ2n) is 6.40. The van der Waals surface area contributed by atoms with Crippen molar-refractivity contribution in [2.24, 2.45) is 0 Å². The van der Waals surface area contributed by atoms with Crippen LogP contribution in [0.15, 0.2) is 12.5 Å². The Morgan fingerprint density at radius 2 is 2.29 bits per heavy atom. The lowest BCUT2D eigenvalue weighted by Crippen LogP contribution is -2.26. The third-order valence-corrected chi connectivity index (χ3v) is 4.74. The van der Waals surface area contributed by atoms with Gasteiger partial charge in [0.1, 0.15) is 0 Å². The lowest BCUT2D eigenvalue weighted by Gasteiger charge is -2.23. The van der Waals surface area contributed by atoms with Crippen LogP contribution in [0.5, 0.6) is 0 Å². The van der Waals surface area contributed by atoms with Gasteiger partial charge in [-0.15, -0.1) is 0 Å². The SMILES string of the molecule is COCCNCc1cn(CC2CCC3(CCCC3)O2)cn1. The highest BCUT2D eigenvalue weighted by molar-refractivity contribution is 4.98. The summed E-state index contributed by atoms with van der Waals surface area (Å²) >= 11 is 0. The molecule has 5 nitrogen and oxygen atoms in total. The van der Waals surface area contributed by atoms with E-state index in [1.165, 1.54) is 38.5 Å². The molecule has 1 spiro atoms. The largest absolute Gasteiger partial charge is 0.383 e. The molecule has 1 N–H and O–H groups in total. The fourth-order valence-electron chi connectivity index (χ4n) is 3.63. The zero-order chi connectivity index (χ0) is 14.5. The van der Waals surface area contributed by atoms with E-state index in [0.29, 0.717) is 6.10 Å².